The van der Waals surface area contributed by atoms with Crippen molar-refractivity contribution in [3.63, 3.8) is 0 Å². The van der Waals surface area contributed by atoms with Gasteiger partial charge >= 0.3 is 0 Å². The van der Waals surface area contributed by atoms with Gasteiger partial charge in [0, 0.05) is 9.86 Å². The average molecular weight is 316 g/mol. The Morgan fingerprint density at radius 1 is 1.26 bits per heavy atom. The molecule has 2 rings (SSSR count). The Labute approximate surface area is 118 Å². The molecule has 0 saturated carbocycles. The standard InChI is InChI=1S/C13H10BrN5/c14-10-5-1-4-9-8(10)3-2-6-11(9)18-19-12(7-15)13(16)17/h1-6,18H,(H3,16,17)/b19-12+. The number of nitrogens with zero attached hydrogens (tertiary/aromatic N) is 2. The van der Waals surface area contributed by atoms with Gasteiger partial charge in [0.2, 0.25) is 5.71 Å². The molecule has 0 heterocycles. The number of nitrogens with one attached hydrogen (secondary N) is 2. The van der Waals surface area contributed by atoms with Crippen molar-refractivity contribution in [3.8, 4) is 6.07 Å². The molecule has 2 aromatic carbocycles. The van der Waals surface area contributed by atoms with Gasteiger partial charge in [-0.3, -0.25) is 10.8 Å². The number of hydrazone groups is 1. The summed E-state index contributed by atoms with van der Waals surface area (Å²) in [5.41, 5.74) is 8.60. The smallest absolute Gasteiger partial charge is 0.201 e. The van der Waals surface area contributed by atoms with Gasteiger partial charge in [0.1, 0.15) is 6.07 Å². The number of fused-ring (bicyclic) bond motifs is 1. The fourth-order valence-corrected chi connectivity index (χ4v) is 2.13. The highest BCUT2D eigenvalue weighted by Crippen LogP contribution is 2.29. The Balaban J connectivity index is 2.45. The molecule has 4 N–H and O–H groups in total. The number of nitrogens with two attached hydrogens (primary N) is 1. The fraction of sp³-hybridized carbons (Fsp3) is 0. The van der Waals surface area contributed by atoms with E-state index in [0.717, 1.165) is 20.9 Å². The van der Waals surface area contributed by atoms with Crippen molar-refractivity contribution in [1.29, 1.82) is 10.7 Å². The maximum absolute atomic E-state index is 8.78. The molecule has 0 amide bonds. The average Bonchev–Trinajstić information content (AvgIpc) is 2.40. The molecule has 19 heavy (non-hydrogen) atoms. The number of halogens is 1. The van der Waals surface area contributed by atoms with E-state index in [1.807, 2.05) is 36.4 Å². The quantitative estimate of drug-likeness (QED) is 0.461. The predicted octanol–water partition coefficient (Wildman–Crippen LogP) is 2.83. The summed E-state index contributed by atoms with van der Waals surface area (Å²) in [5.74, 6) is -0.364. The van der Waals surface area contributed by atoms with Crippen LogP contribution in [-0.2, 0) is 0 Å². The van der Waals surface area contributed by atoms with Gasteiger partial charge in [0.15, 0.2) is 5.84 Å². The molecule has 0 radical (unpaired) electrons. The van der Waals surface area contributed by atoms with Crippen LogP contribution in [0.5, 0.6) is 0 Å². The molecule has 0 aliphatic heterocycles. The van der Waals surface area contributed by atoms with E-state index in [-0.39, 0.29) is 11.5 Å². The highest BCUT2D eigenvalue weighted by molar-refractivity contribution is 9.10. The van der Waals surface area contributed by atoms with Crippen LogP contribution in [0, 0.1) is 16.7 Å². The van der Waals surface area contributed by atoms with Crippen molar-refractivity contribution in [2.45, 2.75) is 0 Å². The van der Waals surface area contributed by atoms with Gasteiger partial charge in [-0.2, -0.15) is 10.4 Å². The molecule has 0 aliphatic rings. The van der Waals surface area contributed by atoms with Crippen LogP contribution in [0.4, 0.5) is 5.69 Å². The van der Waals surface area contributed by atoms with E-state index in [4.69, 9.17) is 16.4 Å². The SMILES string of the molecule is N#C/C(=N\Nc1cccc2c(Br)cccc12)C(=N)N. The van der Waals surface area contributed by atoms with Crippen molar-refractivity contribution in [3.05, 3.63) is 40.9 Å². The summed E-state index contributed by atoms with van der Waals surface area (Å²) >= 11 is 3.48. The summed E-state index contributed by atoms with van der Waals surface area (Å²) in [6.45, 7) is 0. The minimum Gasteiger partial charge on any atom is -0.382 e. The van der Waals surface area contributed by atoms with Gasteiger partial charge in [-0.1, -0.05) is 40.2 Å². The zero-order chi connectivity index (χ0) is 13.8. The second kappa shape index (κ2) is 5.50. The number of anilines is 1. The van der Waals surface area contributed by atoms with E-state index in [0.29, 0.717) is 0 Å². The monoisotopic (exact) mass is 315 g/mol. The molecule has 2 aromatic rings. The molecule has 0 aromatic heterocycles. The molecule has 0 atom stereocenters. The summed E-state index contributed by atoms with van der Waals surface area (Å²) in [7, 11) is 0. The molecular weight excluding hydrogens is 306 g/mol. The molecule has 0 fully saturated rings. The van der Waals surface area contributed by atoms with Gasteiger partial charge in [-0.15, -0.1) is 0 Å². The largest absolute Gasteiger partial charge is 0.382 e. The van der Waals surface area contributed by atoms with Gasteiger partial charge in [0.05, 0.1) is 5.69 Å². The second-order valence-electron chi connectivity index (χ2n) is 3.74. The normalized spacial score (nSPS) is 11.1. The number of hydrogen-bond donors (Lipinski definition) is 3. The van der Waals surface area contributed by atoms with Gasteiger partial charge in [-0.05, 0) is 17.5 Å². The summed E-state index contributed by atoms with van der Waals surface area (Å²) in [5, 5.41) is 21.8. The third-order valence-corrected chi connectivity index (χ3v) is 3.21. The Kier molecular flexibility index (Phi) is 3.78. The Hall–Kier alpha value is -2.39. The van der Waals surface area contributed by atoms with Crippen LogP contribution in [0.3, 0.4) is 0 Å². The number of amidine groups is 1. The van der Waals surface area contributed by atoms with Crippen LogP contribution in [-0.4, -0.2) is 11.5 Å². The van der Waals surface area contributed by atoms with Gasteiger partial charge < -0.3 is 5.73 Å². The molecule has 0 spiro atoms. The highest BCUT2D eigenvalue weighted by Gasteiger charge is 2.04. The van der Waals surface area contributed by atoms with Crippen LogP contribution in [0.1, 0.15) is 0 Å². The van der Waals surface area contributed by atoms with Crippen molar-refractivity contribution >= 4 is 43.9 Å². The lowest BCUT2D eigenvalue weighted by molar-refractivity contribution is 1.34. The summed E-state index contributed by atoms with van der Waals surface area (Å²) in [4.78, 5) is 0. The van der Waals surface area contributed by atoms with Crippen LogP contribution < -0.4 is 11.2 Å². The topological polar surface area (TPSA) is 98.0 Å². The third kappa shape index (κ3) is 2.72. The third-order valence-electron chi connectivity index (χ3n) is 2.52. The first-order chi connectivity index (χ1) is 9.13. The van der Waals surface area contributed by atoms with E-state index in [1.165, 1.54) is 0 Å². The molecule has 6 heteroatoms. The van der Waals surface area contributed by atoms with Crippen molar-refractivity contribution in [2.24, 2.45) is 10.8 Å². The summed E-state index contributed by atoms with van der Waals surface area (Å²) in [6, 6.07) is 13.3. The molecule has 94 valence electrons. The van der Waals surface area contributed by atoms with Crippen LogP contribution in [0.2, 0.25) is 0 Å². The maximum Gasteiger partial charge on any atom is 0.201 e. The van der Waals surface area contributed by atoms with E-state index >= 15 is 0 Å². The van der Waals surface area contributed by atoms with Crippen molar-refractivity contribution < 1.29 is 0 Å². The number of hydrogen-bond acceptors (Lipinski definition) is 4. The molecule has 0 aliphatic carbocycles. The first kappa shape index (κ1) is 13.1. The molecule has 0 bridgehead atoms. The Bertz CT molecular complexity index is 715. The number of nitriles is 1. The molecule has 5 nitrogen and oxygen atoms in total. The maximum atomic E-state index is 8.78. The van der Waals surface area contributed by atoms with Crippen LogP contribution in [0.15, 0.2) is 46.0 Å². The van der Waals surface area contributed by atoms with Gasteiger partial charge in [0.25, 0.3) is 0 Å². The molecule has 0 saturated heterocycles. The number of rotatable bonds is 3. The Morgan fingerprint density at radius 2 is 1.95 bits per heavy atom. The van der Waals surface area contributed by atoms with Crippen molar-refractivity contribution in [2.75, 3.05) is 5.43 Å². The number of benzene rings is 2. The van der Waals surface area contributed by atoms with E-state index < -0.39 is 0 Å². The zero-order valence-corrected chi connectivity index (χ0v) is 11.4. The first-order valence-electron chi connectivity index (χ1n) is 5.39. The van der Waals surface area contributed by atoms with Crippen LogP contribution in [0.25, 0.3) is 10.8 Å². The first-order valence-corrected chi connectivity index (χ1v) is 6.18. The lowest BCUT2D eigenvalue weighted by atomic mass is 10.1. The Morgan fingerprint density at radius 3 is 2.63 bits per heavy atom. The zero-order valence-electron chi connectivity index (χ0n) is 9.81. The predicted molar refractivity (Wildman–Crippen MR) is 80.2 cm³/mol. The lowest BCUT2D eigenvalue weighted by Crippen LogP contribution is -2.21. The highest BCUT2D eigenvalue weighted by atomic mass is 79.9. The molecule has 0 unspecified atom stereocenters. The van der Waals surface area contributed by atoms with E-state index in [2.05, 4.69) is 26.5 Å². The second-order valence-corrected chi connectivity index (χ2v) is 4.59. The minimum absolute atomic E-state index is 0.146. The van der Waals surface area contributed by atoms with Crippen LogP contribution >= 0.6 is 15.9 Å². The minimum atomic E-state index is -0.364. The van der Waals surface area contributed by atoms with E-state index in [9.17, 15) is 0 Å². The fourth-order valence-electron chi connectivity index (χ4n) is 1.63. The molecular formula is C13H10BrN5. The van der Waals surface area contributed by atoms with Gasteiger partial charge in [-0.25, -0.2) is 0 Å². The lowest BCUT2D eigenvalue weighted by Gasteiger charge is -2.07. The summed E-state index contributed by atoms with van der Waals surface area (Å²) in [6.07, 6.45) is 0. The van der Waals surface area contributed by atoms with E-state index in [1.54, 1.807) is 6.07 Å². The van der Waals surface area contributed by atoms with Crippen molar-refractivity contribution in [1.82, 2.24) is 0 Å². The summed E-state index contributed by atoms with van der Waals surface area (Å²) < 4.78 is 0.977.